The molecule has 0 bridgehead atoms. The Morgan fingerprint density at radius 2 is 2.00 bits per heavy atom. The van der Waals surface area contributed by atoms with Crippen LogP contribution in [0, 0.1) is 11.6 Å². The van der Waals surface area contributed by atoms with Gasteiger partial charge in [-0.05, 0) is 25.1 Å². The third-order valence-corrected chi connectivity index (χ3v) is 1.96. The second kappa shape index (κ2) is 5.90. The highest BCUT2D eigenvalue weighted by Gasteiger charge is 2.14. The van der Waals surface area contributed by atoms with Crippen molar-refractivity contribution in [3.8, 4) is 0 Å². The fourth-order valence-electron chi connectivity index (χ4n) is 1.12. The Bertz CT molecular complexity index is 509. The van der Waals surface area contributed by atoms with Crippen LogP contribution < -0.4 is 0 Å². The molecule has 0 aliphatic rings. The van der Waals surface area contributed by atoms with Crippen LogP contribution in [0.15, 0.2) is 24.3 Å². The van der Waals surface area contributed by atoms with E-state index in [0.717, 1.165) is 12.1 Å². The largest absolute Gasteiger partial charge is 0.507 e. The molecule has 1 rings (SSSR count). The van der Waals surface area contributed by atoms with Crippen LogP contribution in [0.4, 0.5) is 8.78 Å². The van der Waals surface area contributed by atoms with E-state index in [2.05, 4.69) is 4.74 Å². The zero-order chi connectivity index (χ0) is 13.7. The van der Waals surface area contributed by atoms with E-state index in [1.807, 2.05) is 0 Å². The maximum atomic E-state index is 12.9. The molecular formula is C12H10F2O4. The van der Waals surface area contributed by atoms with Crippen molar-refractivity contribution in [2.75, 3.05) is 6.61 Å². The molecule has 0 radical (unpaired) electrons. The summed E-state index contributed by atoms with van der Waals surface area (Å²) in [6, 6.07) is 2.58. The third kappa shape index (κ3) is 3.38. The van der Waals surface area contributed by atoms with E-state index in [0.29, 0.717) is 12.1 Å². The van der Waals surface area contributed by atoms with E-state index in [1.54, 1.807) is 0 Å². The Morgan fingerprint density at radius 1 is 1.33 bits per heavy atom. The number of benzene rings is 1. The van der Waals surface area contributed by atoms with Crippen LogP contribution >= 0.6 is 0 Å². The minimum absolute atomic E-state index is 0.0182. The van der Waals surface area contributed by atoms with Gasteiger partial charge in [0.2, 0.25) is 0 Å². The number of carbonyl (C=O) groups excluding carboxylic acids is 2. The quantitative estimate of drug-likeness (QED) is 0.387. The molecule has 0 aliphatic heterocycles. The number of hydrogen-bond acceptors (Lipinski definition) is 4. The monoisotopic (exact) mass is 256 g/mol. The van der Waals surface area contributed by atoms with Gasteiger partial charge in [-0.25, -0.2) is 13.6 Å². The molecule has 0 spiro atoms. The van der Waals surface area contributed by atoms with Crippen molar-refractivity contribution >= 4 is 17.5 Å². The number of aliphatic hydroxyl groups excluding tert-OH is 1. The Labute approximate surface area is 101 Å². The molecule has 0 atom stereocenters. The average Bonchev–Trinajstić information content (AvgIpc) is 2.32. The van der Waals surface area contributed by atoms with Crippen molar-refractivity contribution in [2.24, 2.45) is 0 Å². The number of esters is 1. The van der Waals surface area contributed by atoms with Crippen LogP contribution in [0.2, 0.25) is 0 Å². The first-order chi connectivity index (χ1) is 8.45. The minimum atomic E-state index is -1.17. The van der Waals surface area contributed by atoms with Crippen LogP contribution in [-0.4, -0.2) is 23.5 Å². The standard InChI is InChI=1S/C12H10F2O4/c1-2-18-12(17)11(16)6-10(15)7-3-4-8(13)9(14)5-7/h3-6,15H,2H2,1H3/b10-6-. The fraction of sp³-hybridized carbons (Fsp3) is 0.167. The van der Waals surface area contributed by atoms with Crippen LogP contribution in [0.1, 0.15) is 12.5 Å². The number of aliphatic hydroxyl groups is 1. The van der Waals surface area contributed by atoms with E-state index < -0.39 is 29.1 Å². The summed E-state index contributed by atoms with van der Waals surface area (Å²) in [4.78, 5) is 22.2. The lowest BCUT2D eigenvalue weighted by Gasteiger charge is -2.01. The van der Waals surface area contributed by atoms with Crippen LogP contribution in [0.3, 0.4) is 0 Å². The molecule has 96 valence electrons. The van der Waals surface area contributed by atoms with E-state index >= 15 is 0 Å². The third-order valence-electron chi connectivity index (χ3n) is 1.96. The van der Waals surface area contributed by atoms with Crippen molar-refractivity contribution in [2.45, 2.75) is 6.92 Å². The Balaban J connectivity index is 2.92. The number of carbonyl (C=O) groups is 2. The molecule has 1 aromatic rings. The van der Waals surface area contributed by atoms with Gasteiger partial charge in [0, 0.05) is 11.6 Å². The molecule has 4 nitrogen and oxygen atoms in total. The average molecular weight is 256 g/mol. The first-order valence-electron chi connectivity index (χ1n) is 5.03. The summed E-state index contributed by atoms with van der Waals surface area (Å²) in [6.45, 7) is 1.54. The molecule has 0 unspecified atom stereocenters. The predicted molar refractivity (Wildman–Crippen MR) is 58.6 cm³/mol. The summed E-state index contributed by atoms with van der Waals surface area (Å²) in [5.74, 6) is -5.11. The van der Waals surface area contributed by atoms with Crippen LogP contribution in [-0.2, 0) is 14.3 Å². The molecular weight excluding hydrogens is 246 g/mol. The molecule has 18 heavy (non-hydrogen) atoms. The van der Waals surface area contributed by atoms with E-state index in [1.165, 1.54) is 6.92 Å². The van der Waals surface area contributed by atoms with Crippen molar-refractivity contribution in [1.82, 2.24) is 0 Å². The number of hydrogen-bond donors (Lipinski definition) is 1. The first kappa shape index (κ1) is 13.8. The first-order valence-corrected chi connectivity index (χ1v) is 5.03. The number of ketones is 1. The highest BCUT2D eigenvalue weighted by Crippen LogP contribution is 2.15. The molecule has 0 aliphatic carbocycles. The lowest BCUT2D eigenvalue weighted by atomic mass is 10.1. The van der Waals surface area contributed by atoms with Crippen LogP contribution in [0.5, 0.6) is 0 Å². The maximum Gasteiger partial charge on any atom is 0.379 e. The highest BCUT2D eigenvalue weighted by molar-refractivity contribution is 6.39. The SMILES string of the molecule is CCOC(=O)C(=O)/C=C(\O)c1ccc(F)c(F)c1. The van der Waals surface area contributed by atoms with Gasteiger partial charge < -0.3 is 9.84 Å². The molecule has 0 aromatic heterocycles. The summed E-state index contributed by atoms with van der Waals surface area (Å²) >= 11 is 0. The number of ether oxygens (including phenoxy) is 1. The zero-order valence-corrected chi connectivity index (χ0v) is 9.44. The van der Waals surface area contributed by atoms with Gasteiger partial charge in [0.15, 0.2) is 11.6 Å². The lowest BCUT2D eigenvalue weighted by Crippen LogP contribution is -2.15. The molecule has 0 saturated carbocycles. The van der Waals surface area contributed by atoms with Gasteiger partial charge in [0.25, 0.3) is 5.78 Å². The van der Waals surface area contributed by atoms with Gasteiger partial charge in [-0.2, -0.15) is 0 Å². The second-order valence-electron chi connectivity index (χ2n) is 3.24. The van der Waals surface area contributed by atoms with Crippen molar-refractivity contribution < 1.29 is 28.2 Å². The Kier molecular flexibility index (Phi) is 4.53. The summed E-state index contributed by atoms with van der Waals surface area (Å²) in [7, 11) is 0. The minimum Gasteiger partial charge on any atom is -0.507 e. The Hall–Kier alpha value is -2.24. The second-order valence-corrected chi connectivity index (χ2v) is 3.24. The smallest absolute Gasteiger partial charge is 0.379 e. The molecule has 1 N–H and O–H groups in total. The summed E-state index contributed by atoms with van der Waals surface area (Å²) < 4.78 is 29.9. The van der Waals surface area contributed by atoms with Gasteiger partial charge in [-0.15, -0.1) is 0 Å². The normalized spacial score (nSPS) is 11.2. The Morgan fingerprint density at radius 3 is 2.56 bits per heavy atom. The highest BCUT2D eigenvalue weighted by atomic mass is 19.2. The van der Waals surface area contributed by atoms with E-state index in [9.17, 15) is 23.5 Å². The van der Waals surface area contributed by atoms with Gasteiger partial charge in [0.1, 0.15) is 5.76 Å². The molecule has 0 fully saturated rings. The predicted octanol–water partition coefficient (Wildman–Crippen LogP) is 2.00. The topological polar surface area (TPSA) is 63.6 Å². The van der Waals surface area contributed by atoms with E-state index in [4.69, 9.17) is 0 Å². The number of rotatable bonds is 4. The molecule has 0 saturated heterocycles. The summed E-state index contributed by atoms with van der Waals surface area (Å²) in [5.41, 5.74) is -0.119. The van der Waals surface area contributed by atoms with Gasteiger partial charge in [-0.3, -0.25) is 4.79 Å². The van der Waals surface area contributed by atoms with Gasteiger partial charge in [0.05, 0.1) is 6.61 Å². The van der Waals surface area contributed by atoms with Crippen molar-refractivity contribution in [3.05, 3.63) is 41.5 Å². The number of halogens is 2. The molecule has 0 heterocycles. The van der Waals surface area contributed by atoms with Crippen molar-refractivity contribution in [1.29, 1.82) is 0 Å². The maximum absolute atomic E-state index is 12.9. The van der Waals surface area contributed by atoms with Crippen LogP contribution in [0.25, 0.3) is 5.76 Å². The zero-order valence-electron chi connectivity index (χ0n) is 9.44. The van der Waals surface area contributed by atoms with Gasteiger partial charge >= 0.3 is 5.97 Å². The lowest BCUT2D eigenvalue weighted by molar-refractivity contribution is -0.151. The molecule has 0 amide bonds. The van der Waals surface area contributed by atoms with Gasteiger partial charge in [-0.1, -0.05) is 0 Å². The summed E-state index contributed by atoms with van der Waals surface area (Å²) in [6.07, 6.45) is 0.588. The fourth-order valence-corrected chi connectivity index (χ4v) is 1.12. The van der Waals surface area contributed by atoms with Crippen molar-refractivity contribution in [3.63, 3.8) is 0 Å². The molecule has 1 aromatic carbocycles. The molecule has 6 heteroatoms. The summed E-state index contributed by atoms with van der Waals surface area (Å²) in [5, 5.41) is 9.47. The van der Waals surface area contributed by atoms with E-state index in [-0.39, 0.29) is 12.2 Å².